The lowest BCUT2D eigenvalue weighted by molar-refractivity contribution is -0.138. The SMILES string of the molecule is CCOC(=O)C1=C(N)n2c(s/c(=C\c3ccc(OCC)cc3)c2=O)=C(C(=O)OCC)[C@@H]1c1ccc(OCC)cc1. The highest BCUT2D eigenvalue weighted by atomic mass is 32.1. The summed E-state index contributed by atoms with van der Waals surface area (Å²) in [6.07, 6.45) is 1.71. The molecule has 2 heterocycles. The number of hydrogen-bond acceptors (Lipinski definition) is 9. The Labute approximate surface area is 235 Å². The van der Waals surface area contributed by atoms with E-state index < -0.39 is 23.4 Å². The van der Waals surface area contributed by atoms with Crippen LogP contribution in [0.1, 0.15) is 44.7 Å². The van der Waals surface area contributed by atoms with Crippen molar-refractivity contribution < 1.29 is 28.5 Å². The van der Waals surface area contributed by atoms with Crippen molar-refractivity contribution in [3.05, 3.63) is 84.8 Å². The molecule has 0 bridgehead atoms. The number of carbonyl (C=O) groups is 2. The highest BCUT2D eigenvalue weighted by Crippen LogP contribution is 2.38. The third-order valence-electron chi connectivity index (χ3n) is 6.15. The van der Waals surface area contributed by atoms with E-state index in [0.717, 1.165) is 16.9 Å². The second kappa shape index (κ2) is 12.7. The molecule has 10 heteroatoms. The van der Waals surface area contributed by atoms with Gasteiger partial charge in [0.15, 0.2) is 0 Å². The molecule has 40 heavy (non-hydrogen) atoms. The Kier molecular flexibility index (Phi) is 9.11. The molecule has 4 rings (SSSR count). The van der Waals surface area contributed by atoms with Gasteiger partial charge in [-0.2, -0.15) is 0 Å². The highest BCUT2D eigenvalue weighted by molar-refractivity contribution is 7.07. The third kappa shape index (κ3) is 5.67. The van der Waals surface area contributed by atoms with Crippen LogP contribution >= 0.6 is 11.3 Å². The number of nitrogens with zero attached hydrogens (tertiary/aromatic N) is 1. The largest absolute Gasteiger partial charge is 0.494 e. The van der Waals surface area contributed by atoms with Gasteiger partial charge in [-0.25, -0.2) is 9.59 Å². The molecule has 1 atom stereocenters. The average molecular weight is 565 g/mol. The van der Waals surface area contributed by atoms with E-state index in [1.807, 2.05) is 38.1 Å². The molecule has 0 saturated carbocycles. The van der Waals surface area contributed by atoms with Gasteiger partial charge in [0, 0.05) is 0 Å². The lowest BCUT2D eigenvalue weighted by Gasteiger charge is -2.27. The lowest BCUT2D eigenvalue weighted by atomic mass is 9.83. The van der Waals surface area contributed by atoms with Crippen LogP contribution in [0.3, 0.4) is 0 Å². The molecule has 0 fully saturated rings. The van der Waals surface area contributed by atoms with Crippen molar-refractivity contribution in [2.24, 2.45) is 5.73 Å². The smallest absolute Gasteiger partial charge is 0.338 e. The van der Waals surface area contributed by atoms with Crippen molar-refractivity contribution in [2.45, 2.75) is 33.6 Å². The first-order chi connectivity index (χ1) is 19.3. The first-order valence-electron chi connectivity index (χ1n) is 13.1. The van der Waals surface area contributed by atoms with Gasteiger partial charge in [-0.15, -0.1) is 11.3 Å². The number of hydrogen-bond donors (Lipinski definition) is 1. The van der Waals surface area contributed by atoms with Gasteiger partial charge in [-0.1, -0.05) is 24.3 Å². The summed E-state index contributed by atoms with van der Waals surface area (Å²) >= 11 is 1.11. The van der Waals surface area contributed by atoms with Crippen LogP contribution in [0.2, 0.25) is 0 Å². The maximum absolute atomic E-state index is 13.7. The minimum absolute atomic E-state index is 0.00548. The Morgan fingerprint density at radius 1 is 0.825 bits per heavy atom. The van der Waals surface area contributed by atoms with Gasteiger partial charge in [0.1, 0.15) is 22.0 Å². The maximum atomic E-state index is 13.7. The van der Waals surface area contributed by atoms with Crippen LogP contribution in [-0.2, 0) is 19.1 Å². The molecule has 0 amide bonds. The molecule has 210 valence electrons. The molecule has 2 aromatic carbocycles. The van der Waals surface area contributed by atoms with Crippen LogP contribution in [0.15, 0.2) is 58.9 Å². The first kappa shape index (κ1) is 28.7. The zero-order valence-electron chi connectivity index (χ0n) is 22.9. The fourth-order valence-electron chi connectivity index (χ4n) is 4.50. The number of aromatic nitrogens is 1. The topological polar surface area (TPSA) is 119 Å². The Morgan fingerprint density at radius 3 is 1.88 bits per heavy atom. The van der Waals surface area contributed by atoms with E-state index in [9.17, 15) is 14.4 Å². The van der Waals surface area contributed by atoms with E-state index in [1.54, 1.807) is 44.2 Å². The highest BCUT2D eigenvalue weighted by Gasteiger charge is 2.40. The third-order valence-corrected chi connectivity index (χ3v) is 7.26. The number of rotatable bonds is 10. The van der Waals surface area contributed by atoms with Gasteiger partial charge in [0.2, 0.25) is 0 Å². The molecule has 9 nitrogen and oxygen atoms in total. The molecule has 0 radical (unpaired) electrons. The fourth-order valence-corrected chi connectivity index (χ4v) is 5.66. The summed E-state index contributed by atoms with van der Waals surface area (Å²) in [4.78, 5) is 40.5. The van der Waals surface area contributed by atoms with E-state index in [0.29, 0.717) is 39.5 Å². The minimum atomic E-state index is -0.926. The summed E-state index contributed by atoms with van der Waals surface area (Å²) < 4.78 is 23.7. The number of thiazole rings is 1. The van der Waals surface area contributed by atoms with Crippen molar-refractivity contribution in [1.82, 2.24) is 4.57 Å². The Bertz CT molecular complexity index is 1600. The predicted molar refractivity (Wildman–Crippen MR) is 153 cm³/mol. The van der Waals surface area contributed by atoms with Crippen LogP contribution in [-0.4, -0.2) is 42.9 Å². The molecular weight excluding hydrogens is 532 g/mol. The van der Waals surface area contributed by atoms with Gasteiger partial charge in [0.05, 0.1) is 48.0 Å². The van der Waals surface area contributed by atoms with Crippen molar-refractivity contribution in [2.75, 3.05) is 26.4 Å². The predicted octanol–water partition coefficient (Wildman–Crippen LogP) is 2.74. The molecule has 3 aromatic rings. The Balaban J connectivity index is 2.01. The number of nitrogens with two attached hydrogens (primary N) is 1. The summed E-state index contributed by atoms with van der Waals surface area (Å²) in [5.74, 6) is -1.04. The molecule has 0 unspecified atom stereocenters. The minimum Gasteiger partial charge on any atom is -0.494 e. The number of fused-ring (bicyclic) bond motifs is 1. The van der Waals surface area contributed by atoms with Gasteiger partial charge in [-0.05, 0) is 69.2 Å². The van der Waals surface area contributed by atoms with Crippen LogP contribution in [0, 0.1) is 0 Å². The van der Waals surface area contributed by atoms with E-state index in [2.05, 4.69) is 0 Å². The van der Waals surface area contributed by atoms with Gasteiger partial charge < -0.3 is 24.7 Å². The van der Waals surface area contributed by atoms with Crippen molar-refractivity contribution in [1.29, 1.82) is 0 Å². The van der Waals surface area contributed by atoms with E-state index in [4.69, 9.17) is 24.7 Å². The normalized spacial score (nSPS) is 15.1. The summed E-state index contributed by atoms with van der Waals surface area (Å²) in [6, 6.07) is 14.3. The maximum Gasteiger partial charge on any atom is 0.338 e. The molecule has 1 aromatic heterocycles. The number of carbonyl (C=O) groups excluding carboxylic acids is 2. The lowest BCUT2D eigenvalue weighted by Crippen LogP contribution is -2.42. The second-order valence-electron chi connectivity index (χ2n) is 8.65. The molecule has 1 aliphatic rings. The van der Waals surface area contributed by atoms with Crippen LogP contribution < -0.4 is 30.0 Å². The van der Waals surface area contributed by atoms with E-state index in [1.165, 1.54) is 4.57 Å². The van der Waals surface area contributed by atoms with Gasteiger partial charge in [0.25, 0.3) is 5.56 Å². The first-order valence-corrected chi connectivity index (χ1v) is 13.9. The number of ether oxygens (including phenoxy) is 4. The second-order valence-corrected chi connectivity index (χ2v) is 9.68. The van der Waals surface area contributed by atoms with Crippen molar-refractivity contribution in [3.8, 4) is 11.5 Å². The molecule has 1 aliphatic heterocycles. The van der Waals surface area contributed by atoms with Crippen molar-refractivity contribution in [3.63, 3.8) is 0 Å². The molecule has 0 saturated heterocycles. The zero-order valence-corrected chi connectivity index (χ0v) is 23.7. The fraction of sp³-hybridized carbons (Fsp3) is 0.300. The summed E-state index contributed by atoms with van der Waals surface area (Å²) in [6.45, 7) is 8.36. The summed E-state index contributed by atoms with van der Waals surface area (Å²) in [5.41, 5.74) is 7.58. The molecular formula is C30H32N2O7S. The summed E-state index contributed by atoms with van der Waals surface area (Å²) in [7, 11) is 0. The van der Waals surface area contributed by atoms with E-state index >= 15 is 0 Å². The Morgan fingerprint density at radius 2 is 1.35 bits per heavy atom. The standard InChI is InChI=1S/C30H32N2O7S/c1-5-36-20-13-9-18(10-14-20)17-22-27(33)32-26(31)24(29(34)38-7-3)23(19-11-15-21(16-12-19)37-6-2)25(28(32)40-22)30(35)39-8-4/h9-17,23H,5-8,31H2,1-4H3/b22-17-/t23-/m1/s1. The van der Waals surface area contributed by atoms with Crippen LogP contribution in [0.4, 0.5) is 0 Å². The Hall–Kier alpha value is -4.31. The van der Waals surface area contributed by atoms with Crippen molar-refractivity contribution >= 4 is 40.7 Å². The van der Waals surface area contributed by atoms with Crippen LogP contribution in [0.25, 0.3) is 17.5 Å². The number of benzene rings is 2. The molecule has 2 N–H and O–H groups in total. The van der Waals surface area contributed by atoms with Gasteiger partial charge >= 0.3 is 11.9 Å². The molecule has 0 spiro atoms. The van der Waals surface area contributed by atoms with E-state index in [-0.39, 0.29) is 30.2 Å². The van der Waals surface area contributed by atoms with Gasteiger partial charge in [-0.3, -0.25) is 9.36 Å². The van der Waals surface area contributed by atoms with Crippen LogP contribution in [0.5, 0.6) is 11.5 Å². The monoisotopic (exact) mass is 564 g/mol. The quantitative estimate of drug-likeness (QED) is 0.374. The number of esters is 2. The molecule has 0 aliphatic carbocycles. The average Bonchev–Trinajstić information content (AvgIpc) is 3.26. The zero-order chi connectivity index (χ0) is 28.8. The summed E-state index contributed by atoms with van der Waals surface area (Å²) in [5, 5.41) is 0.